The number of hydrazine groups is 1. The first-order chi connectivity index (χ1) is 3.72. The maximum Gasteiger partial charge on any atom is 0.391 e. The second-order valence-corrected chi connectivity index (χ2v) is 1.66. The van der Waals surface area contributed by atoms with Crippen molar-refractivity contribution in [1.82, 2.24) is 5.01 Å². The molecule has 0 bridgehead atoms. The van der Waals surface area contributed by atoms with Crippen molar-refractivity contribution >= 4 is 11.8 Å². The van der Waals surface area contributed by atoms with Gasteiger partial charge in [-0.25, -0.2) is 9.59 Å². The summed E-state index contributed by atoms with van der Waals surface area (Å²) in [6, 6.07) is 0. The summed E-state index contributed by atoms with van der Waals surface area (Å²) in [4.78, 5) is 20.7. The highest BCUT2D eigenvalue weighted by Gasteiger charge is 2.39. The molecule has 0 aromatic carbocycles. The Labute approximate surface area is 46.2 Å². The zero-order chi connectivity index (χ0) is 6.15. The minimum absolute atomic E-state index is 0.273. The molecule has 0 unspecified atom stereocenters. The lowest BCUT2D eigenvalue weighted by atomic mass is 10.4. The van der Waals surface area contributed by atoms with Crippen LogP contribution in [0.1, 0.15) is 12.8 Å². The Hall–Kier alpha value is -0.740. The SMILES string of the molecule is N[N+]1C(=O)CCC1=O. The van der Waals surface area contributed by atoms with Gasteiger partial charge < -0.3 is 0 Å². The lowest BCUT2D eigenvalue weighted by Crippen LogP contribution is -2.42. The van der Waals surface area contributed by atoms with Crippen LogP contribution in [0.4, 0.5) is 0 Å². The van der Waals surface area contributed by atoms with E-state index in [4.69, 9.17) is 5.84 Å². The first-order valence-electron chi connectivity index (χ1n) is 2.32. The van der Waals surface area contributed by atoms with Crippen LogP contribution in [0.15, 0.2) is 0 Å². The molecule has 1 aliphatic rings. The van der Waals surface area contributed by atoms with Crippen LogP contribution in [0.2, 0.25) is 0 Å². The summed E-state index contributed by atoms with van der Waals surface area (Å²) in [6.45, 7) is 0. The van der Waals surface area contributed by atoms with Crippen LogP contribution in [0.3, 0.4) is 0 Å². The fourth-order valence-electron chi connectivity index (χ4n) is 0.594. The van der Waals surface area contributed by atoms with E-state index in [0.717, 1.165) is 0 Å². The lowest BCUT2D eigenvalue weighted by Gasteiger charge is -1.82. The molecule has 0 aromatic heterocycles. The van der Waals surface area contributed by atoms with E-state index in [0.29, 0.717) is 5.01 Å². The normalized spacial score (nSPS) is 22.6. The van der Waals surface area contributed by atoms with Crippen molar-refractivity contribution < 1.29 is 9.59 Å². The van der Waals surface area contributed by atoms with E-state index in [1.54, 1.807) is 0 Å². The van der Waals surface area contributed by atoms with Gasteiger partial charge in [0.1, 0.15) is 0 Å². The van der Waals surface area contributed by atoms with Crippen LogP contribution >= 0.6 is 0 Å². The second-order valence-electron chi connectivity index (χ2n) is 1.66. The van der Waals surface area contributed by atoms with Crippen LogP contribution in [0.25, 0.3) is 0 Å². The van der Waals surface area contributed by atoms with Gasteiger partial charge in [-0.1, -0.05) is 0 Å². The zero-order valence-electron chi connectivity index (χ0n) is 4.26. The first kappa shape index (κ1) is 5.40. The smallest absolute Gasteiger partial charge is 0.222 e. The summed E-state index contributed by atoms with van der Waals surface area (Å²) < 4.78 is 0. The maximum absolute atomic E-state index is 10.4. The average Bonchev–Trinajstić information content (AvgIpc) is 1.98. The summed E-state index contributed by atoms with van der Waals surface area (Å²) in [6.07, 6.45) is 0.546. The molecule has 1 radical (unpaired) electrons. The molecule has 0 atom stereocenters. The van der Waals surface area contributed by atoms with Crippen LogP contribution in [0.5, 0.6) is 0 Å². The summed E-state index contributed by atoms with van der Waals surface area (Å²) in [5, 5.41) is 0.667. The molecule has 1 aliphatic heterocycles. The van der Waals surface area contributed by atoms with Crippen molar-refractivity contribution in [2.45, 2.75) is 12.8 Å². The van der Waals surface area contributed by atoms with Crippen LogP contribution < -0.4 is 10.9 Å². The Balaban J connectivity index is 2.70. The van der Waals surface area contributed by atoms with Crippen molar-refractivity contribution in [3.05, 3.63) is 0 Å². The Bertz CT molecular complexity index is 127. The topological polar surface area (TPSA) is 66.1 Å². The van der Waals surface area contributed by atoms with Gasteiger partial charge in [-0.3, -0.25) is 0 Å². The molecule has 1 saturated heterocycles. The molecule has 4 heteroatoms. The van der Waals surface area contributed by atoms with E-state index >= 15 is 0 Å². The van der Waals surface area contributed by atoms with Gasteiger partial charge in [-0.05, 0) is 0 Å². The van der Waals surface area contributed by atoms with Crippen molar-refractivity contribution in [2.75, 3.05) is 0 Å². The van der Waals surface area contributed by atoms with E-state index in [2.05, 4.69) is 0 Å². The molecular formula is C4H6N2O2+. The minimum atomic E-state index is -0.282. The molecule has 8 heavy (non-hydrogen) atoms. The summed E-state index contributed by atoms with van der Waals surface area (Å²) in [7, 11) is 0. The minimum Gasteiger partial charge on any atom is -0.222 e. The third-order valence-electron chi connectivity index (χ3n) is 1.09. The predicted molar refractivity (Wildman–Crippen MR) is 25.6 cm³/mol. The molecule has 43 valence electrons. The molecule has 1 rings (SSSR count). The van der Waals surface area contributed by atoms with Gasteiger partial charge in [0.2, 0.25) is 0 Å². The number of hydrogen-bond donors (Lipinski definition) is 1. The van der Waals surface area contributed by atoms with Gasteiger partial charge >= 0.3 is 11.8 Å². The molecule has 4 nitrogen and oxygen atoms in total. The molecular weight excluding hydrogens is 108 g/mol. The summed E-state index contributed by atoms with van der Waals surface area (Å²) in [5.41, 5.74) is 0. The number of imide groups is 1. The van der Waals surface area contributed by atoms with E-state index in [-0.39, 0.29) is 24.7 Å². The van der Waals surface area contributed by atoms with E-state index < -0.39 is 0 Å². The molecule has 2 N–H and O–H groups in total. The molecule has 2 amide bonds. The maximum atomic E-state index is 10.4. The van der Waals surface area contributed by atoms with Crippen LogP contribution in [0, 0.1) is 0 Å². The first-order valence-corrected chi connectivity index (χ1v) is 2.32. The number of nitrogens with zero attached hydrogens (tertiary/aromatic N) is 1. The predicted octanol–water partition coefficient (Wildman–Crippen LogP) is -1.15. The molecule has 0 saturated carbocycles. The number of carbonyl (C=O) groups excluding carboxylic acids is 2. The Morgan fingerprint density at radius 3 is 1.75 bits per heavy atom. The summed E-state index contributed by atoms with van der Waals surface area (Å²) >= 11 is 0. The lowest BCUT2D eigenvalue weighted by molar-refractivity contribution is -0.131. The van der Waals surface area contributed by atoms with Crippen LogP contribution in [-0.2, 0) is 9.59 Å². The second kappa shape index (κ2) is 1.65. The van der Waals surface area contributed by atoms with E-state index in [1.807, 2.05) is 0 Å². The van der Waals surface area contributed by atoms with Gasteiger partial charge in [0.25, 0.3) is 0 Å². The molecule has 0 aromatic rings. The van der Waals surface area contributed by atoms with Gasteiger partial charge in [0, 0.05) is 0 Å². The highest BCUT2D eigenvalue weighted by atomic mass is 16.2. The monoisotopic (exact) mass is 114 g/mol. The number of amides is 2. The third kappa shape index (κ3) is 0.635. The van der Waals surface area contributed by atoms with Crippen molar-refractivity contribution in [1.29, 1.82) is 0 Å². The highest BCUT2D eigenvalue weighted by molar-refractivity contribution is 6.04. The molecule has 0 aliphatic carbocycles. The van der Waals surface area contributed by atoms with Gasteiger partial charge in [0.15, 0.2) is 0 Å². The number of carbonyl (C=O) groups is 2. The fraction of sp³-hybridized carbons (Fsp3) is 0.500. The summed E-state index contributed by atoms with van der Waals surface area (Å²) in [5.74, 6) is 4.39. The van der Waals surface area contributed by atoms with Gasteiger partial charge in [-0.15, -0.1) is 5.84 Å². The highest BCUT2D eigenvalue weighted by Crippen LogP contribution is 2.02. The Morgan fingerprint density at radius 1 is 1.25 bits per heavy atom. The van der Waals surface area contributed by atoms with Gasteiger partial charge in [0.05, 0.1) is 17.9 Å². The number of nitrogens with two attached hydrogens (primary N) is 1. The molecule has 1 fully saturated rings. The molecule has 0 spiro atoms. The Kier molecular flexibility index (Phi) is 1.11. The van der Waals surface area contributed by atoms with E-state index in [9.17, 15) is 9.59 Å². The molecule has 1 heterocycles. The number of rotatable bonds is 0. The van der Waals surface area contributed by atoms with Gasteiger partial charge in [-0.2, -0.15) is 0 Å². The fourth-order valence-corrected chi connectivity index (χ4v) is 0.594. The van der Waals surface area contributed by atoms with Crippen molar-refractivity contribution in [2.24, 2.45) is 5.84 Å². The third-order valence-corrected chi connectivity index (χ3v) is 1.09. The largest absolute Gasteiger partial charge is 0.391 e. The zero-order valence-corrected chi connectivity index (χ0v) is 4.26. The Morgan fingerprint density at radius 2 is 1.62 bits per heavy atom. The van der Waals surface area contributed by atoms with Crippen molar-refractivity contribution in [3.63, 3.8) is 0 Å². The van der Waals surface area contributed by atoms with Crippen LogP contribution in [-0.4, -0.2) is 11.8 Å². The quantitative estimate of drug-likeness (QED) is 0.187. The average molecular weight is 114 g/mol. The van der Waals surface area contributed by atoms with E-state index in [1.165, 1.54) is 0 Å². The number of hydrogen-bond acceptors (Lipinski definition) is 3. The standard InChI is InChI=1S/C4H6N2O2/c5-6-3(7)1-2-4(6)8/h1-2,5H2/q+1. The van der Waals surface area contributed by atoms with Crippen molar-refractivity contribution in [3.8, 4) is 0 Å².